The molecule has 6 rings (SSSR count). The molecule has 150 valence electrons. The number of aromatic nitrogens is 3. The molecule has 0 saturated heterocycles. The minimum absolute atomic E-state index is 0.211. The van der Waals surface area contributed by atoms with Gasteiger partial charge in [0.1, 0.15) is 28.4 Å². The lowest BCUT2D eigenvalue weighted by molar-refractivity contribution is 0.0714. The van der Waals surface area contributed by atoms with Gasteiger partial charge < -0.3 is 16.2 Å². The molecule has 0 bridgehead atoms. The number of benzene rings is 1. The Morgan fingerprint density at radius 2 is 2.07 bits per heavy atom. The van der Waals surface area contributed by atoms with Crippen molar-refractivity contribution in [1.29, 1.82) is 0 Å². The Morgan fingerprint density at radius 3 is 2.87 bits per heavy atom. The fraction of sp³-hybridized carbons (Fsp3) is 0.217. The van der Waals surface area contributed by atoms with E-state index in [0.717, 1.165) is 46.0 Å². The van der Waals surface area contributed by atoms with E-state index in [1.807, 2.05) is 18.3 Å². The molecule has 6 nitrogen and oxygen atoms in total. The van der Waals surface area contributed by atoms with Crippen LogP contribution in [0.1, 0.15) is 40.7 Å². The third kappa shape index (κ3) is 2.45. The molecule has 1 atom stereocenters. The Labute approximate surface area is 177 Å². The minimum atomic E-state index is -0.647. The second-order valence-electron chi connectivity index (χ2n) is 8.00. The zero-order valence-electron chi connectivity index (χ0n) is 16.2. The van der Waals surface area contributed by atoms with E-state index in [2.05, 4.69) is 56.5 Å². The maximum absolute atomic E-state index is 9.88. The second-order valence-corrected chi connectivity index (χ2v) is 8.95. The van der Waals surface area contributed by atoms with Crippen molar-refractivity contribution in [2.75, 3.05) is 11.1 Å². The van der Waals surface area contributed by atoms with Crippen LogP contribution in [0.2, 0.25) is 0 Å². The lowest BCUT2D eigenvalue weighted by Crippen LogP contribution is -2.36. The van der Waals surface area contributed by atoms with Gasteiger partial charge in [0.15, 0.2) is 0 Å². The molecule has 1 aliphatic heterocycles. The molecule has 0 radical (unpaired) electrons. The summed E-state index contributed by atoms with van der Waals surface area (Å²) in [7, 11) is 0. The predicted octanol–water partition coefficient (Wildman–Crippen LogP) is 3.99. The van der Waals surface area contributed by atoms with Crippen LogP contribution in [0.4, 0.5) is 11.5 Å². The highest BCUT2D eigenvalue weighted by Gasteiger charge is 2.42. The van der Waals surface area contributed by atoms with Crippen LogP contribution in [0, 0.1) is 0 Å². The first-order chi connectivity index (χ1) is 14.7. The number of aliphatic hydroxyl groups is 1. The second kappa shape index (κ2) is 6.42. The zero-order chi connectivity index (χ0) is 20.3. The highest BCUT2D eigenvalue weighted by molar-refractivity contribution is 7.10. The molecule has 3 aromatic heterocycles. The number of rotatable bonds is 3. The number of nitrogens with two attached hydrogens (primary N) is 1. The quantitative estimate of drug-likeness (QED) is 0.471. The van der Waals surface area contributed by atoms with Crippen LogP contribution in [-0.4, -0.2) is 25.6 Å². The van der Waals surface area contributed by atoms with Gasteiger partial charge in [-0.2, -0.15) is 0 Å². The van der Waals surface area contributed by atoms with E-state index in [1.54, 1.807) is 17.5 Å². The summed E-state index contributed by atoms with van der Waals surface area (Å²) < 4.78 is 2.06. The Hall–Kier alpha value is -3.16. The van der Waals surface area contributed by atoms with Gasteiger partial charge in [-0.15, -0.1) is 11.3 Å². The molecule has 0 spiro atoms. The number of hydrogen-bond donors (Lipinski definition) is 3. The van der Waals surface area contributed by atoms with E-state index in [4.69, 9.17) is 10.7 Å². The van der Waals surface area contributed by atoms with Gasteiger partial charge in [0.25, 0.3) is 0 Å². The highest BCUT2D eigenvalue weighted by Crippen LogP contribution is 2.46. The molecule has 2 aliphatic rings. The average molecular weight is 416 g/mol. The fourth-order valence-corrected chi connectivity index (χ4v) is 5.44. The summed E-state index contributed by atoms with van der Waals surface area (Å²) in [5.41, 5.74) is 9.61. The van der Waals surface area contributed by atoms with Gasteiger partial charge in [-0.1, -0.05) is 30.3 Å². The first kappa shape index (κ1) is 17.7. The van der Waals surface area contributed by atoms with Crippen molar-refractivity contribution in [2.24, 2.45) is 0 Å². The molecule has 7 heteroatoms. The molecule has 1 aromatic carbocycles. The molecular formula is C23H21N5OS. The number of thiophene rings is 1. The van der Waals surface area contributed by atoms with Gasteiger partial charge in [0, 0.05) is 28.9 Å². The molecule has 1 aliphatic carbocycles. The summed E-state index contributed by atoms with van der Waals surface area (Å²) >= 11 is 1.69. The molecular weight excluding hydrogens is 394 g/mol. The number of aliphatic hydroxyl groups excluding tert-OH is 1. The lowest BCUT2D eigenvalue weighted by Gasteiger charge is -2.35. The van der Waals surface area contributed by atoms with E-state index in [1.165, 1.54) is 0 Å². The van der Waals surface area contributed by atoms with Crippen molar-refractivity contribution < 1.29 is 5.11 Å². The number of anilines is 2. The number of nitrogen functional groups attached to an aromatic ring is 1. The minimum Gasteiger partial charge on any atom is -0.393 e. The van der Waals surface area contributed by atoms with Gasteiger partial charge in [-0.3, -0.25) is 4.40 Å². The van der Waals surface area contributed by atoms with Gasteiger partial charge in [0.2, 0.25) is 0 Å². The number of hydrogen-bond acceptors (Lipinski definition) is 6. The SMILES string of the molecule is Nc1nccn2c(C3CC(O)C3)nc(C3(c4cccs4)C=Cc4ccccc4N3)c12. The number of nitrogens with one attached hydrogen (secondary N) is 1. The van der Waals surface area contributed by atoms with Gasteiger partial charge in [-0.25, -0.2) is 9.97 Å². The molecule has 0 amide bonds. The topological polar surface area (TPSA) is 88.5 Å². The third-order valence-electron chi connectivity index (χ3n) is 6.18. The van der Waals surface area contributed by atoms with Crippen LogP contribution in [0.25, 0.3) is 11.6 Å². The van der Waals surface area contributed by atoms with Crippen molar-refractivity contribution >= 4 is 34.4 Å². The molecule has 30 heavy (non-hydrogen) atoms. The number of imidazole rings is 1. The summed E-state index contributed by atoms with van der Waals surface area (Å²) in [5, 5.41) is 15.7. The standard InChI is InChI=1S/C23H21N5OS/c24-21-19-20(26-22(15-12-16(29)13-15)28(19)10-9-25-21)23(18-6-3-11-30-18)8-7-14-4-1-2-5-17(14)27-23/h1-11,15-16,27,29H,12-13H2,(H2,24,25). The van der Waals surface area contributed by atoms with Crippen LogP contribution < -0.4 is 11.1 Å². The highest BCUT2D eigenvalue weighted by atomic mass is 32.1. The summed E-state index contributed by atoms with van der Waals surface area (Å²) in [6.45, 7) is 0. The van der Waals surface area contributed by atoms with Crippen LogP contribution >= 0.6 is 11.3 Å². The van der Waals surface area contributed by atoms with Gasteiger partial charge in [0.05, 0.1) is 6.10 Å². The molecule has 1 saturated carbocycles. The first-order valence-corrected chi connectivity index (χ1v) is 10.9. The predicted molar refractivity (Wildman–Crippen MR) is 120 cm³/mol. The number of para-hydroxylation sites is 1. The Bertz CT molecular complexity index is 1270. The Kier molecular flexibility index (Phi) is 3.78. The summed E-state index contributed by atoms with van der Waals surface area (Å²) in [4.78, 5) is 10.7. The third-order valence-corrected chi connectivity index (χ3v) is 7.18. The van der Waals surface area contributed by atoms with E-state index in [-0.39, 0.29) is 12.0 Å². The molecule has 1 unspecified atom stereocenters. The maximum Gasteiger partial charge on any atom is 0.149 e. The van der Waals surface area contributed by atoms with Gasteiger partial charge >= 0.3 is 0 Å². The normalized spacial score (nSPS) is 25.0. The Balaban J connectivity index is 1.62. The van der Waals surface area contributed by atoms with E-state index in [9.17, 15) is 5.11 Å². The van der Waals surface area contributed by atoms with Crippen molar-refractivity contribution in [3.05, 3.63) is 82.2 Å². The average Bonchev–Trinajstić information content (AvgIpc) is 3.41. The van der Waals surface area contributed by atoms with E-state index < -0.39 is 5.54 Å². The number of fused-ring (bicyclic) bond motifs is 2. The van der Waals surface area contributed by atoms with Crippen LogP contribution in [0.5, 0.6) is 0 Å². The summed E-state index contributed by atoms with van der Waals surface area (Å²) in [6, 6.07) is 12.4. The smallest absolute Gasteiger partial charge is 0.149 e. The van der Waals surface area contributed by atoms with Crippen molar-refractivity contribution in [1.82, 2.24) is 14.4 Å². The van der Waals surface area contributed by atoms with Crippen LogP contribution in [0.3, 0.4) is 0 Å². The van der Waals surface area contributed by atoms with Crippen molar-refractivity contribution in [3.8, 4) is 0 Å². The maximum atomic E-state index is 9.88. The van der Waals surface area contributed by atoms with E-state index >= 15 is 0 Å². The molecule has 1 fully saturated rings. The van der Waals surface area contributed by atoms with Crippen molar-refractivity contribution in [2.45, 2.75) is 30.4 Å². The first-order valence-electron chi connectivity index (χ1n) is 10.1. The zero-order valence-corrected chi connectivity index (χ0v) is 17.0. The fourth-order valence-electron chi connectivity index (χ4n) is 4.58. The summed E-state index contributed by atoms with van der Waals surface area (Å²) in [6.07, 6.45) is 9.15. The Morgan fingerprint density at radius 1 is 1.20 bits per heavy atom. The monoisotopic (exact) mass is 415 g/mol. The lowest BCUT2D eigenvalue weighted by atomic mass is 9.82. The summed E-state index contributed by atoms with van der Waals surface area (Å²) in [5.74, 6) is 1.60. The molecule has 4 heterocycles. The molecule has 4 N–H and O–H groups in total. The van der Waals surface area contributed by atoms with Crippen LogP contribution in [-0.2, 0) is 5.54 Å². The molecule has 4 aromatic rings. The number of nitrogens with zero attached hydrogens (tertiary/aromatic N) is 3. The van der Waals surface area contributed by atoms with Crippen LogP contribution in [0.15, 0.2) is 60.2 Å². The largest absolute Gasteiger partial charge is 0.393 e. The van der Waals surface area contributed by atoms with E-state index in [0.29, 0.717) is 5.82 Å². The van der Waals surface area contributed by atoms with Gasteiger partial charge in [-0.05, 0) is 42.0 Å². The van der Waals surface area contributed by atoms with Crippen molar-refractivity contribution in [3.63, 3.8) is 0 Å².